The fourth-order valence-corrected chi connectivity index (χ4v) is 2.40. The van der Waals surface area contributed by atoms with Gasteiger partial charge in [0.05, 0.1) is 6.42 Å². The number of carbonyl (C=O) groups is 2. The van der Waals surface area contributed by atoms with Gasteiger partial charge >= 0.3 is 0 Å². The van der Waals surface area contributed by atoms with Crippen molar-refractivity contribution in [3.8, 4) is 0 Å². The lowest BCUT2D eigenvalue weighted by molar-refractivity contribution is -0.115. The van der Waals surface area contributed by atoms with E-state index in [1.807, 2.05) is 6.07 Å². The van der Waals surface area contributed by atoms with Crippen molar-refractivity contribution in [2.75, 3.05) is 18.4 Å². The molecule has 0 unspecified atom stereocenters. The number of rotatable bonds is 2. The molecular formula is C13H15N3O2. The molecule has 5 heteroatoms. The van der Waals surface area contributed by atoms with Crippen molar-refractivity contribution in [2.24, 2.45) is 0 Å². The second kappa shape index (κ2) is 4.42. The first-order valence-electron chi connectivity index (χ1n) is 6.17. The first-order chi connectivity index (χ1) is 8.72. The summed E-state index contributed by atoms with van der Waals surface area (Å²) < 4.78 is 0. The maximum atomic E-state index is 12.0. The monoisotopic (exact) mass is 245 g/mol. The zero-order valence-electron chi connectivity index (χ0n) is 9.95. The number of nitrogens with one attached hydrogen (secondary N) is 3. The van der Waals surface area contributed by atoms with E-state index in [4.69, 9.17) is 0 Å². The van der Waals surface area contributed by atoms with Crippen LogP contribution in [0.25, 0.3) is 0 Å². The van der Waals surface area contributed by atoms with Crippen LogP contribution in [0.1, 0.15) is 22.3 Å². The third kappa shape index (κ3) is 2.09. The van der Waals surface area contributed by atoms with Crippen molar-refractivity contribution < 1.29 is 9.59 Å². The average Bonchev–Trinajstić information content (AvgIpc) is 2.95. The molecule has 2 amide bonds. The summed E-state index contributed by atoms with van der Waals surface area (Å²) >= 11 is 0. The summed E-state index contributed by atoms with van der Waals surface area (Å²) in [5.41, 5.74) is 2.32. The first kappa shape index (κ1) is 11.2. The van der Waals surface area contributed by atoms with Gasteiger partial charge in [-0.15, -0.1) is 0 Å². The van der Waals surface area contributed by atoms with E-state index in [1.54, 1.807) is 12.1 Å². The van der Waals surface area contributed by atoms with Gasteiger partial charge in [0, 0.05) is 23.8 Å². The Balaban J connectivity index is 1.74. The Morgan fingerprint density at radius 3 is 3.06 bits per heavy atom. The molecule has 1 aromatic carbocycles. The molecule has 1 fully saturated rings. The maximum absolute atomic E-state index is 12.0. The minimum atomic E-state index is -0.0763. The highest BCUT2D eigenvalue weighted by atomic mass is 16.2. The quantitative estimate of drug-likeness (QED) is 0.700. The molecule has 2 heterocycles. The number of hydrogen-bond donors (Lipinski definition) is 3. The van der Waals surface area contributed by atoms with Gasteiger partial charge in [-0.25, -0.2) is 0 Å². The van der Waals surface area contributed by atoms with Gasteiger partial charge in [-0.1, -0.05) is 6.07 Å². The second-order valence-corrected chi connectivity index (χ2v) is 4.76. The number of hydrogen-bond acceptors (Lipinski definition) is 3. The largest absolute Gasteiger partial charge is 0.348 e. The van der Waals surface area contributed by atoms with Crippen LogP contribution in [0, 0.1) is 0 Å². The minimum Gasteiger partial charge on any atom is -0.348 e. The number of fused-ring (bicyclic) bond motifs is 1. The lowest BCUT2D eigenvalue weighted by Crippen LogP contribution is -2.36. The van der Waals surface area contributed by atoms with E-state index < -0.39 is 0 Å². The Labute approximate surface area is 105 Å². The van der Waals surface area contributed by atoms with Gasteiger partial charge < -0.3 is 16.0 Å². The molecule has 2 aliphatic heterocycles. The Morgan fingerprint density at radius 1 is 1.39 bits per heavy atom. The number of anilines is 1. The van der Waals surface area contributed by atoms with Crippen LogP contribution in [0.15, 0.2) is 18.2 Å². The van der Waals surface area contributed by atoms with Gasteiger partial charge in [0.25, 0.3) is 5.91 Å². The smallest absolute Gasteiger partial charge is 0.251 e. The third-order valence-corrected chi connectivity index (χ3v) is 3.39. The Morgan fingerprint density at radius 2 is 2.28 bits per heavy atom. The Kier molecular flexibility index (Phi) is 2.76. The molecule has 5 nitrogen and oxygen atoms in total. The standard InChI is InChI=1S/C13H15N3O2/c17-12-6-8-1-2-9(5-11(8)16-12)13(18)15-10-3-4-14-7-10/h1-2,5,10,14H,3-4,6-7H2,(H,15,18)(H,16,17)/t10-/m0/s1. The molecule has 1 atom stereocenters. The zero-order valence-corrected chi connectivity index (χ0v) is 9.95. The van der Waals surface area contributed by atoms with Gasteiger partial charge in [-0.3, -0.25) is 9.59 Å². The summed E-state index contributed by atoms with van der Waals surface area (Å²) in [7, 11) is 0. The average molecular weight is 245 g/mol. The number of benzene rings is 1. The highest BCUT2D eigenvalue weighted by Gasteiger charge is 2.21. The molecule has 18 heavy (non-hydrogen) atoms. The van der Waals surface area contributed by atoms with Crippen molar-refractivity contribution in [2.45, 2.75) is 18.9 Å². The Hall–Kier alpha value is -1.88. The summed E-state index contributed by atoms with van der Waals surface area (Å²) in [5.74, 6) is -0.0878. The SMILES string of the molecule is O=C1Cc2ccc(C(=O)N[C@H]3CCNC3)cc2N1. The van der Waals surface area contributed by atoms with Gasteiger partial charge in [-0.05, 0) is 30.7 Å². The maximum Gasteiger partial charge on any atom is 0.251 e. The van der Waals surface area contributed by atoms with Crippen molar-refractivity contribution >= 4 is 17.5 Å². The van der Waals surface area contributed by atoms with Crippen LogP contribution in [0.3, 0.4) is 0 Å². The van der Waals surface area contributed by atoms with E-state index in [1.165, 1.54) is 0 Å². The number of carbonyl (C=O) groups excluding carboxylic acids is 2. The van der Waals surface area contributed by atoms with E-state index in [0.717, 1.165) is 30.8 Å². The van der Waals surface area contributed by atoms with Crippen LogP contribution in [-0.2, 0) is 11.2 Å². The fourth-order valence-electron chi connectivity index (χ4n) is 2.40. The minimum absolute atomic E-state index is 0.0115. The van der Waals surface area contributed by atoms with Crippen molar-refractivity contribution in [1.29, 1.82) is 0 Å². The molecule has 0 bridgehead atoms. The van der Waals surface area contributed by atoms with Gasteiger partial charge in [0.15, 0.2) is 0 Å². The van der Waals surface area contributed by atoms with Gasteiger partial charge in [0.1, 0.15) is 0 Å². The normalized spacial score (nSPS) is 21.6. The van der Waals surface area contributed by atoms with Crippen LogP contribution >= 0.6 is 0 Å². The van der Waals surface area contributed by atoms with Crippen LogP contribution in [0.5, 0.6) is 0 Å². The van der Waals surface area contributed by atoms with E-state index in [0.29, 0.717) is 12.0 Å². The van der Waals surface area contributed by atoms with Gasteiger partial charge in [0.2, 0.25) is 5.91 Å². The van der Waals surface area contributed by atoms with E-state index >= 15 is 0 Å². The van der Waals surface area contributed by atoms with Crippen molar-refractivity contribution in [3.63, 3.8) is 0 Å². The lowest BCUT2D eigenvalue weighted by Gasteiger charge is -2.11. The van der Waals surface area contributed by atoms with E-state index in [2.05, 4.69) is 16.0 Å². The molecule has 1 aromatic rings. The predicted octanol–water partition coefficient (Wildman–Crippen LogP) is 0.273. The lowest BCUT2D eigenvalue weighted by atomic mass is 10.1. The van der Waals surface area contributed by atoms with Crippen LogP contribution in [0.2, 0.25) is 0 Å². The molecule has 0 aromatic heterocycles. The van der Waals surface area contributed by atoms with E-state index in [9.17, 15) is 9.59 Å². The highest BCUT2D eigenvalue weighted by Crippen LogP contribution is 2.24. The topological polar surface area (TPSA) is 70.2 Å². The first-order valence-corrected chi connectivity index (χ1v) is 6.17. The summed E-state index contributed by atoms with van der Waals surface area (Å²) in [6.45, 7) is 1.78. The molecule has 0 saturated carbocycles. The van der Waals surface area contributed by atoms with Crippen LogP contribution in [-0.4, -0.2) is 30.9 Å². The van der Waals surface area contributed by atoms with Crippen LogP contribution < -0.4 is 16.0 Å². The van der Waals surface area contributed by atoms with E-state index in [-0.39, 0.29) is 17.9 Å². The fraction of sp³-hybridized carbons (Fsp3) is 0.385. The summed E-state index contributed by atoms with van der Waals surface area (Å²) in [6.07, 6.45) is 1.37. The van der Waals surface area contributed by atoms with Crippen molar-refractivity contribution in [3.05, 3.63) is 29.3 Å². The molecule has 3 rings (SSSR count). The molecule has 2 aliphatic rings. The molecular weight excluding hydrogens is 230 g/mol. The highest BCUT2D eigenvalue weighted by molar-refractivity contribution is 6.02. The summed E-state index contributed by atoms with van der Waals surface area (Å²) in [5, 5.41) is 8.94. The molecule has 3 N–H and O–H groups in total. The van der Waals surface area contributed by atoms with Crippen LogP contribution in [0.4, 0.5) is 5.69 Å². The summed E-state index contributed by atoms with van der Waals surface area (Å²) in [6, 6.07) is 5.57. The second-order valence-electron chi connectivity index (χ2n) is 4.76. The Bertz CT molecular complexity index is 507. The molecule has 0 spiro atoms. The molecule has 1 saturated heterocycles. The zero-order chi connectivity index (χ0) is 12.5. The number of amides is 2. The predicted molar refractivity (Wildman–Crippen MR) is 67.5 cm³/mol. The molecule has 0 radical (unpaired) electrons. The third-order valence-electron chi connectivity index (χ3n) is 3.39. The van der Waals surface area contributed by atoms with Gasteiger partial charge in [-0.2, -0.15) is 0 Å². The van der Waals surface area contributed by atoms with Crippen molar-refractivity contribution in [1.82, 2.24) is 10.6 Å². The molecule has 0 aliphatic carbocycles. The molecule has 94 valence electrons. The summed E-state index contributed by atoms with van der Waals surface area (Å²) in [4.78, 5) is 23.3.